The molecule has 8 heteroatoms. The summed E-state index contributed by atoms with van der Waals surface area (Å²) in [4.78, 5) is 30.8. The molecule has 0 N–H and O–H groups in total. The Hall–Kier alpha value is -2.61. The Morgan fingerprint density at radius 3 is 2.93 bits per heavy atom. The summed E-state index contributed by atoms with van der Waals surface area (Å²) in [6.45, 7) is 1.90. The standard InChI is InChI=1S/C19H23N5O3/c25-17(4-3-15-10-20-14-21-11-15)24-8-1-5-19(13-24)9-16(12-26-19)27-18-22-6-2-7-23-18/h2,6-7,10-11,14,16H,1,3-5,8-9,12-13H2. The van der Waals surface area contributed by atoms with Crippen molar-refractivity contribution >= 4 is 5.91 Å². The third-order valence-electron chi connectivity index (χ3n) is 5.12. The average molecular weight is 369 g/mol. The molecule has 1 spiro atoms. The molecule has 0 saturated carbocycles. The smallest absolute Gasteiger partial charge is 0.316 e. The topological polar surface area (TPSA) is 90.3 Å². The van der Waals surface area contributed by atoms with Gasteiger partial charge < -0.3 is 14.4 Å². The summed E-state index contributed by atoms with van der Waals surface area (Å²) in [6.07, 6.45) is 12.0. The molecule has 0 aromatic carbocycles. The Balaban J connectivity index is 1.31. The Labute approximate surface area is 158 Å². The molecule has 0 bridgehead atoms. The number of aromatic nitrogens is 4. The predicted octanol–water partition coefficient (Wildman–Crippen LogP) is 1.43. The first-order valence-electron chi connectivity index (χ1n) is 9.32. The van der Waals surface area contributed by atoms with Crippen molar-refractivity contribution in [1.82, 2.24) is 24.8 Å². The van der Waals surface area contributed by atoms with Crippen molar-refractivity contribution < 1.29 is 14.3 Å². The predicted molar refractivity (Wildman–Crippen MR) is 95.9 cm³/mol. The average Bonchev–Trinajstić information content (AvgIpc) is 3.09. The highest BCUT2D eigenvalue weighted by atomic mass is 16.6. The van der Waals surface area contributed by atoms with Crippen LogP contribution in [-0.2, 0) is 16.0 Å². The number of rotatable bonds is 5. The Kier molecular flexibility index (Phi) is 5.24. The minimum absolute atomic E-state index is 0.0797. The summed E-state index contributed by atoms with van der Waals surface area (Å²) in [5, 5.41) is 0. The van der Waals surface area contributed by atoms with E-state index in [4.69, 9.17) is 9.47 Å². The number of carbonyl (C=O) groups is 1. The van der Waals surface area contributed by atoms with Crippen molar-refractivity contribution in [2.45, 2.75) is 43.8 Å². The Bertz CT molecular complexity index is 760. The van der Waals surface area contributed by atoms with E-state index in [1.165, 1.54) is 6.33 Å². The lowest BCUT2D eigenvalue weighted by molar-refractivity contribution is -0.139. The second-order valence-electron chi connectivity index (χ2n) is 7.13. The molecule has 2 aromatic rings. The second kappa shape index (κ2) is 7.96. The van der Waals surface area contributed by atoms with Crippen LogP contribution in [0, 0.1) is 0 Å². The minimum Gasteiger partial charge on any atom is -0.458 e. The zero-order chi connectivity index (χ0) is 18.5. The lowest BCUT2D eigenvalue weighted by Crippen LogP contribution is -2.50. The summed E-state index contributed by atoms with van der Waals surface area (Å²) in [7, 11) is 0. The summed E-state index contributed by atoms with van der Waals surface area (Å²) in [6, 6.07) is 2.13. The van der Waals surface area contributed by atoms with Crippen molar-refractivity contribution in [2.75, 3.05) is 19.7 Å². The van der Waals surface area contributed by atoms with Gasteiger partial charge in [0.1, 0.15) is 12.4 Å². The Morgan fingerprint density at radius 1 is 1.30 bits per heavy atom. The van der Waals surface area contributed by atoms with Crippen LogP contribution >= 0.6 is 0 Å². The Morgan fingerprint density at radius 2 is 2.11 bits per heavy atom. The highest BCUT2D eigenvalue weighted by molar-refractivity contribution is 5.76. The zero-order valence-corrected chi connectivity index (χ0v) is 15.2. The van der Waals surface area contributed by atoms with Crippen LogP contribution < -0.4 is 4.74 Å². The molecule has 8 nitrogen and oxygen atoms in total. The third-order valence-corrected chi connectivity index (χ3v) is 5.12. The fourth-order valence-corrected chi connectivity index (χ4v) is 3.84. The quantitative estimate of drug-likeness (QED) is 0.787. The molecule has 2 atom stereocenters. The normalized spacial score (nSPS) is 24.9. The summed E-state index contributed by atoms with van der Waals surface area (Å²) < 4.78 is 12.0. The van der Waals surface area contributed by atoms with E-state index >= 15 is 0 Å². The SMILES string of the molecule is O=C(CCc1cncnc1)N1CCCC2(CC(Oc3ncccn3)CO2)C1. The molecule has 1 amide bonds. The number of aryl methyl sites for hydroxylation is 1. The highest BCUT2D eigenvalue weighted by Gasteiger charge is 2.45. The van der Waals surface area contributed by atoms with Gasteiger partial charge in [0.15, 0.2) is 0 Å². The van der Waals surface area contributed by atoms with Gasteiger partial charge in [-0.2, -0.15) is 0 Å². The van der Waals surface area contributed by atoms with E-state index in [-0.39, 0.29) is 17.6 Å². The number of ether oxygens (including phenoxy) is 2. The molecule has 2 fully saturated rings. The second-order valence-corrected chi connectivity index (χ2v) is 7.13. The van der Waals surface area contributed by atoms with Gasteiger partial charge in [0.2, 0.25) is 5.91 Å². The summed E-state index contributed by atoms with van der Waals surface area (Å²) in [5.74, 6) is 0.150. The van der Waals surface area contributed by atoms with Crippen LogP contribution in [0.1, 0.15) is 31.2 Å². The monoisotopic (exact) mass is 369 g/mol. The molecule has 2 aliphatic heterocycles. The third kappa shape index (κ3) is 4.39. The molecule has 142 valence electrons. The maximum absolute atomic E-state index is 12.7. The van der Waals surface area contributed by atoms with E-state index in [0.717, 1.165) is 31.4 Å². The lowest BCUT2D eigenvalue weighted by atomic mass is 9.89. The first kappa shape index (κ1) is 17.8. The zero-order valence-electron chi connectivity index (χ0n) is 15.2. The van der Waals surface area contributed by atoms with Gasteiger partial charge in [0.05, 0.1) is 12.2 Å². The van der Waals surface area contributed by atoms with Crippen molar-refractivity contribution in [3.63, 3.8) is 0 Å². The number of amides is 1. The number of carbonyl (C=O) groups excluding carboxylic acids is 1. The number of piperidine rings is 1. The lowest BCUT2D eigenvalue weighted by Gasteiger charge is -2.39. The van der Waals surface area contributed by atoms with Gasteiger partial charge in [-0.05, 0) is 30.9 Å². The molecule has 2 unspecified atom stereocenters. The van der Waals surface area contributed by atoms with Crippen molar-refractivity contribution in [2.24, 2.45) is 0 Å². The fraction of sp³-hybridized carbons (Fsp3) is 0.526. The first-order valence-corrected chi connectivity index (χ1v) is 9.32. The van der Waals surface area contributed by atoms with Crippen molar-refractivity contribution in [1.29, 1.82) is 0 Å². The van der Waals surface area contributed by atoms with E-state index in [2.05, 4.69) is 19.9 Å². The fourth-order valence-electron chi connectivity index (χ4n) is 3.84. The molecule has 0 aliphatic carbocycles. The van der Waals surface area contributed by atoms with Gasteiger partial charge in [0, 0.05) is 50.7 Å². The van der Waals surface area contributed by atoms with Crippen LogP contribution in [0.5, 0.6) is 6.01 Å². The molecule has 27 heavy (non-hydrogen) atoms. The number of likely N-dealkylation sites (tertiary alicyclic amines) is 1. The van der Waals surface area contributed by atoms with Gasteiger partial charge in [-0.1, -0.05) is 0 Å². The molecule has 0 radical (unpaired) electrons. The van der Waals surface area contributed by atoms with E-state index < -0.39 is 0 Å². The van der Waals surface area contributed by atoms with Crippen LogP contribution in [0.2, 0.25) is 0 Å². The van der Waals surface area contributed by atoms with E-state index in [1.54, 1.807) is 30.9 Å². The number of hydrogen-bond donors (Lipinski definition) is 0. The van der Waals surface area contributed by atoms with Crippen molar-refractivity contribution in [3.8, 4) is 6.01 Å². The van der Waals surface area contributed by atoms with Crippen LogP contribution in [0.25, 0.3) is 0 Å². The summed E-state index contributed by atoms with van der Waals surface area (Å²) >= 11 is 0. The van der Waals surface area contributed by atoms with Gasteiger partial charge in [-0.15, -0.1) is 0 Å². The van der Waals surface area contributed by atoms with Crippen LogP contribution in [0.15, 0.2) is 37.2 Å². The molecular formula is C19H23N5O3. The maximum atomic E-state index is 12.7. The largest absolute Gasteiger partial charge is 0.458 e. The van der Waals surface area contributed by atoms with Gasteiger partial charge >= 0.3 is 6.01 Å². The van der Waals surface area contributed by atoms with Gasteiger partial charge in [0.25, 0.3) is 0 Å². The molecule has 2 aromatic heterocycles. The van der Waals surface area contributed by atoms with Gasteiger partial charge in [-0.25, -0.2) is 19.9 Å². The highest BCUT2D eigenvalue weighted by Crippen LogP contribution is 2.36. The first-order chi connectivity index (χ1) is 13.2. The van der Waals surface area contributed by atoms with Crippen molar-refractivity contribution in [3.05, 3.63) is 42.7 Å². The van der Waals surface area contributed by atoms with Crippen LogP contribution in [-0.4, -0.2) is 62.1 Å². The molecule has 4 rings (SSSR count). The minimum atomic E-state index is -0.316. The molecule has 2 aliphatic rings. The maximum Gasteiger partial charge on any atom is 0.316 e. The number of nitrogens with zero attached hydrogens (tertiary/aromatic N) is 5. The van der Waals surface area contributed by atoms with Crippen LogP contribution in [0.3, 0.4) is 0 Å². The molecule has 4 heterocycles. The van der Waals surface area contributed by atoms with E-state index in [0.29, 0.717) is 32.0 Å². The van der Waals surface area contributed by atoms with Gasteiger partial charge in [-0.3, -0.25) is 4.79 Å². The molecular weight excluding hydrogens is 346 g/mol. The van der Waals surface area contributed by atoms with E-state index in [9.17, 15) is 4.79 Å². The van der Waals surface area contributed by atoms with Crippen LogP contribution in [0.4, 0.5) is 0 Å². The molecule has 2 saturated heterocycles. The van der Waals surface area contributed by atoms with E-state index in [1.807, 2.05) is 4.90 Å². The number of hydrogen-bond acceptors (Lipinski definition) is 7. The summed E-state index contributed by atoms with van der Waals surface area (Å²) in [5.41, 5.74) is 0.662.